The molecule has 3 rings (SSSR count). The van der Waals surface area contributed by atoms with Gasteiger partial charge in [0.15, 0.2) is 0 Å². The predicted molar refractivity (Wildman–Crippen MR) is 110 cm³/mol. The molecule has 3 aromatic rings. The van der Waals surface area contributed by atoms with Gasteiger partial charge in [-0.25, -0.2) is 0 Å². The van der Waals surface area contributed by atoms with Crippen molar-refractivity contribution in [1.29, 1.82) is 0 Å². The Morgan fingerprint density at radius 1 is 1.07 bits per heavy atom. The number of nitrogens with one attached hydrogen (secondary N) is 2. The Morgan fingerprint density at radius 2 is 1.82 bits per heavy atom. The van der Waals surface area contributed by atoms with Crippen LogP contribution in [0.4, 0.5) is 0 Å². The van der Waals surface area contributed by atoms with E-state index in [1.165, 1.54) is 0 Å². The van der Waals surface area contributed by atoms with Gasteiger partial charge in [0.25, 0.3) is 0 Å². The van der Waals surface area contributed by atoms with Crippen molar-refractivity contribution in [3.8, 4) is 0 Å². The van der Waals surface area contributed by atoms with E-state index in [0.29, 0.717) is 18.2 Å². The van der Waals surface area contributed by atoms with Gasteiger partial charge in [0, 0.05) is 41.0 Å². The third-order valence-corrected chi connectivity index (χ3v) is 4.99. The monoisotopic (exact) mass is 398 g/mol. The molecule has 0 fully saturated rings. The molecule has 1 aromatic heterocycles. The molecule has 0 saturated carbocycles. The smallest absolute Gasteiger partial charge is 0.306 e. The minimum Gasteiger partial charge on any atom is -0.466 e. The van der Waals surface area contributed by atoms with Gasteiger partial charge in [-0.1, -0.05) is 48.0 Å². The fourth-order valence-electron chi connectivity index (χ4n) is 3.28. The Balaban J connectivity index is 1.79. The molecule has 2 aromatic carbocycles. The summed E-state index contributed by atoms with van der Waals surface area (Å²) < 4.78 is 4.87. The number of aromatic amines is 1. The molecule has 0 aliphatic heterocycles. The summed E-state index contributed by atoms with van der Waals surface area (Å²) in [6.07, 6.45) is 2.13. The summed E-state index contributed by atoms with van der Waals surface area (Å²) in [6.45, 7) is 2.44. The molecular formula is C22H23ClN2O3. The molecule has 1 unspecified atom stereocenters. The first kappa shape index (κ1) is 20.0. The zero-order valence-corrected chi connectivity index (χ0v) is 16.5. The molecule has 0 aliphatic rings. The van der Waals surface area contributed by atoms with Gasteiger partial charge in [0.1, 0.15) is 0 Å². The van der Waals surface area contributed by atoms with Crippen LogP contribution in [-0.4, -0.2) is 30.0 Å². The highest BCUT2D eigenvalue weighted by Gasteiger charge is 2.21. The molecule has 0 spiro atoms. The van der Waals surface area contributed by atoms with Crippen LogP contribution in [0, 0.1) is 0 Å². The van der Waals surface area contributed by atoms with Crippen molar-refractivity contribution in [2.45, 2.75) is 25.7 Å². The first-order valence-corrected chi connectivity index (χ1v) is 9.70. The van der Waals surface area contributed by atoms with Crippen LogP contribution >= 0.6 is 11.6 Å². The second-order valence-electron chi connectivity index (χ2n) is 6.47. The SMILES string of the molecule is CCOC(=O)CCC(=O)NCC(c1ccccc1Cl)c1c[nH]c2ccccc12. The van der Waals surface area contributed by atoms with Gasteiger partial charge in [-0.3, -0.25) is 9.59 Å². The van der Waals surface area contributed by atoms with E-state index >= 15 is 0 Å². The lowest BCUT2D eigenvalue weighted by atomic mass is 9.90. The highest BCUT2D eigenvalue weighted by Crippen LogP contribution is 2.34. The van der Waals surface area contributed by atoms with Crippen molar-refractivity contribution < 1.29 is 14.3 Å². The molecule has 1 atom stereocenters. The number of para-hydroxylation sites is 1. The number of carbonyl (C=O) groups excluding carboxylic acids is 2. The first-order chi connectivity index (χ1) is 13.6. The quantitative estimate of drug-likeness (QED) is 0.552. The molecule has 0 saturated heterocycles. The van der Waals surface area contributed by atoms with Crippen molar-refractivity contribution in [3.05, 3.63) is 70.9 Å². The van der Waals surface area contributed by atoms with Gasteiger partial charge in [-0.15, -0.1) is 0 Å². The maximum atomic E-state index is 12.2. The zero-order chi connectivity index (χ0) is 19.9. The molecule has 1 amide bonds. The molecular weight excluding hydrogens is 376 g/mol. The maximum absolute atomic E-state index is 12.2. The van der Waals surface area contributed by atoms with Crippen molar-refractivity contribution >= 4 is 34.4 Å². The fraction of sp³-hybridized carbons (Fsp3) is 0.273. The number of carbonyl (C=O) groups is 2. The number of hydrogen-bond donors (Lipinski definition) is 2. The normalized spacial score (nSPS) is 11.9. The number of H-pyrrole nitrogens is 1. The molecule has 1 heterocycles. The van der Waals surface area contributed by atoms with Crippen LogP contribution in [0.5, 0.6) is 0 Å². The summed E-state index contributed by atoms with van der Waals surface area (Å²) in [7, 11) is 0. The Hall–Kier alpha value is -2.79. The van der Waals surface area contributed by atoms with Crippen molar-refractivity contribution in [3.63, 3.8) is 0 Å². The van der Waals surface area contributed by atoms with Crippen LogP contribution in [0.3, 0.4) is 0 Å². The van der Waals surface area contributed by atoms with Gasteiger partial charge < -0.3 is 15.0 Å². The minimum atomic E-state index is -0.364. The summed E-state index contributed by atoms with van der Waals surface area (Å²) in [6, 6.07) is 15.7. The van der Waals surface area contributed by atoms with Crippen LogP contribution in [0.25, 0.3) is 10.9 Å². The Bertz CT molecular complexity index is 967. The number of ether oxygens (including phenoxy) is 1. The van der Waals surface area contributed by atoms with E-state index in [1.54, 1.807) is 6.92 Å². The molecule has 146 valence electrons. The average molecular weight is 399 g/mol. The van der Waals surface area contributed by atoms with Crippen LogP contribution in [0.2, 0.25) is 5.02 Å². The Morgan fingerprint density at radius 3 is 2.61 bits per heavy atom. The van der Waals surface area contributed by atoms with Crippen LogP contribution in [0.15, 0.2) is 54.7 Å². The largest absolute Gasteiger partial charge is 0.466 e. The number of rotatable bonds is 8. The molecule has 5 nitrogen and oxygen atoms in total. The highest BCUT2D eigenvalue weighted by molar-refractivity contribution is 6.31. The van der Waals surface area contributed by atoms with Crippen LogP contribution in [0.1, 0.15) is 36.8 Å². The average Bonchev–Trinajstić information content (AvgIpc) is 3.12. The van der Waals surface area contributed by atoms with Gasteiger partial charge in [-0.05, 0) is 30.2 Å². The molecule has 2 N–H and O–H groups in total. The van der Waals surface area contributed by atoms with E-state index in [9.17, 15) is 9.59 Å². The molecule has 28 heavy (non-hydrogen) atoms. The summed E-state index contributed by atoms with van der Waals surface area (Å²) in [5.74, 6) is -0.668. The maximum Gasteiger partial charge on any atom is 0.306 e. The van der Waals surface area contributed by atoms with Crippen LogP contribution < -0.4 is 5.32 Å². The Kier molecular flexibility index (Phi) is 6.71. The molecule has 0 radical (unpaired) electrons. The number of aromatic nitrogens is 1. The van der Waals surface area contributed by atoms with E-state index in [-0.39, 0.29) is 30.6 Å². The molecule has 0 bridgehead atoms. The van der Waals surface area contributed by atoms with Crippen molar-refractivity contribution in [2.75, 3.05) is 13.2 Å². The van der Waals surface area contributed by atoms with Gasteiger partial charge in [-0.2, -0.15) is 0 Å². The molecule has 0 aliphatic carbocycles. The third-order valence-electron chi connectivity index (χ3n) is 4.64. The summed E-state index contributed by atoms with van der Waals surface area (Å²) >= 11 is 6.46. The number of fused-ring (bicyclic) bond motifs is 1. The topological polar surface area (TPSA) is 71.2 Å². The number of amides is 1. The number of hydrogen-bond acceptors (Lipinski definition) is 3. The first-order valence-electron chi connectivity index (χ1n) is 9.33. The Labute approximate surface area is 169 Å². The second kappa shape index (κ2) is 9.42. The fourth-order valence-corrected chi connectivity index (χ4v) is 3.55. The van der Waals surface area contributed by atoms with Crippen molar-refractivity contribution in [1.82, 2.24) is 10.3 Å². The van der Waals surface area contributed by atoms with E-state index < -0.39 is 0 Å². The lowest BCUT2D eigenvalue weighted by Gasteiger charge is -2.19. The second-order valence-corrected chi connectivity index (χ2v) is 6.88. The summed E-state index contributed by atoms with van der Waals surface area (Å²) in [5, 5.41) is 4.68. The number of esters is 1. The van der Waals surface area contributed by atoms with E-state index in [0.717, 1.165) is 22.0 Å². The van der Waals surface area contributed by atoms with Crippen LogP contribution in [-0.2, 0) is 14.3 Å². The number of halogens is 1. The minimum absolute atomic E-state index is 0.0729. The lowest BCUT2D eigenvalue weighted by Crippen LogP contribution is -2.29. The summed E-state index contributed by atoms with van der Waals surface area (Å²) in [4.78, 5) is 27.0. The van der Waals surface area contributed by atoms with Gasteiger partial charge >= 0.3 is 5.97 Å². The predicted octanol–water partition coefficient (Wildman–Crippen LogP) is 4.41. The third kappa shape index (κ3) is 4.73. The van der Waals surface area contributed by atoms with Crippen molar-refractivity contribution in [2.24, 2.45) is 0 Å². The zero-order valence-electron chi connectivity index (χ0n) is 15.7. The van der Waals surface area contributed by atoms with E-state index in [4.69, 9.17) is 16.3 Å². The van der Waals surface area contributed by atoms with E-state index in [2.05, 4.69) is 10.3 Å². The number of benzene rings is 2. The summed E-state index contributed by atoms with van der Waals surface area (Å²) in [5.41, 5.74) is 3.04. The lowest BCUT2D eigenvalue weighted by molar-refractivity contribution is -0.144. The standard InChI is InChI=1S/C22H23ClN2O3/c1-2-28-22(27)12-11-21(26)25-14-17(15-7-3-5-9-19(15)23)18-13-24-20-10-6-4-8-16(18)20/h3-10,13,17,24H,2,11-12,14H2,1H3,(H,25,26). The van der Waals surface area contributed by atoms with Gasteiger partial charge in [0.05, 0.1) is 13.0 Å². The molecule has 6 heteroatoms. The van der Waals surface area contributed by atoms with E-state index in [1.807, 2.05) is 54.7 Å². The highest BCUT2D eigenvalue weighted by atomic mass is 35.5. The van der Waals surface area contributed by atoms with Gasteiger partial charge in [0.2, 0.25) is 5.91 Å².